The molecule has 1 atom stereocenters. The first kappa shape index (κ1) is 9.92. The van der Waals surface area contributed by atoms with Crippen LogP contribution in [0.1, 0.15) is 11.6 Å². The van der Waals surface area contributed by atoms with Gasteiger partial charge in [-0.1, -0.05) is 0 Å². The van der Waals surface area contributed by atoms with Gasteiger partial charge in [0.05, 0.1) is 6.04 Å². The van der Waals surface area contributed by atoms with Crippen molar-refractivity contribution in [2.24, 2.45) is 5.73 Å². The van der Waals surface area contributed by atoms with Gasteiger partial charge in [-0.05, 0) is 17.7 Å². The molecule has 3 N–H and O–H groups in total. The fourth-order valence-electron chi connectivity index (χ4n) is 1.72. The lowest BCUT2D eigenvalue weighted by atomic mass is 10.1. The highest BCUT2D eigenvalue weighted by atomic mass is 16.2. The summed E-state index contributed by atoms with van der Waals surface area (Å²) in [6.45, 7) is 1.78. The van der Waals surface area contributed by atoms with E-state index in [1.807, 2.05) is 12.1 Å². The van der Waals surface area contributed by atoms with Crippen molar-refractivity contribution in [1.29, 1.82) is 0 Å². The fraction of sp³-hybridized carbons (Fsp3) is 0.400. The number of aromatic nitrogens is 1. The molecule has 1 unspecified atom stereocenters. The van der Waals surface area contributed by atoms with Crippen molar-refractivity contribution in [3.05, 3.63) is 30.1 Å². The minimum absolute atomic E-state index is 0.0396. The van der Waals surface area contributed by atoms with Crippen LogP contribution in [0.25, 0.3) is 0 Å². The van der Waals surface area contributed by atoms with Gasteiger partial charge in [-0.25, -0.2) is 4.79 Å². The van der Waals surface area contributed by atoms with Gasteiger partial charge in [-0.15, -0.1) is 0 Å². The van der Waals surface area contributed by atoms with E-state index in [4.69, 9.17) is 5.73 Å². The van der Waals surface area contributed by atoms with Crippen LogP contribution >= 0.6 is 0 Å². The molecule has 0 bridgehead atoms. The van der Waals surface area contributed by atoms with Gasteiger partial charge in [-0.3, -0.25) is 4.98 Å². The maximum atomic E-state index is 11.5. The first-order chi connectivity index (χ1) is 7.31. The third-order valence-corrected chi connectivity index (χ3v) is 2.50. The second-order valence-electron chi connectivity index (χ2n) is 3.52. The van der Waals surface area contributed by atoms with Crippen LogP contribution in [-0.2, 0) is 0 Å². The summed E-state index contributed by atoms with van der Waals surface area (Å²) < 4.78 is 0. The zero-order valence-corrected chi connectivity index (χ0v) is 8.39. The molecule has 80 valence electrons. The predicted octanol–water partition coefficient (Wildman–Crippen LogP) is 0.107. The van der Waals surface area contributed by atoms with Crippen molar-refractivity contribution in [3.8, 4) is 0 Å². The van der Waals surface area contributed by atoms with E-state index >= 15 is 0 Å². The zero-order valence-electron chi connectivity index (χ0n) is 8.39. The smallest absolute Gasteiger partial charge is 0.318 e. The second-order valence-corrected chi connectivity index (χ2v) is 3.52. The lowest BCUT2D eigenvalue weighted by Crippen LogP contribution is -2.32. The van der Waals surface area contributed by atoms with Gasteiger partial charge >= 0.3 is 6.03 Å². The summed E-state index contributed by atoms with van der Waals surface area (Å²) in [5.41, 5.74) is 6.50. The van der Waals surface area contributed by atoms with Crippen LogP contribution in [0.2, 0.25) is 0 Å². The predicted molar refractivity (Wildman–Crippen MR) is 56.1 cm³/mol. The molecule has 1 saturated heterocycles. The van der Waals surface area contributed by atoms with E-state index < -0.39 is 0 Å². The molecule has 1 aliphatic heterocycles. The van der Waals surface area contributed by atoms with Crippen molar-refractivity contribution in [1.82, 2.24) is 15.2 Å². The van der Waals surface area contributed by atoms with E-state index in [1.165, 1.54) is 0 Å². The quantitative estimate of drug-likeness (QED) is 0.737. The number of rotatable bonds is 3. The SMILES string of the molecule is NCCN1CC(c2ccncc2)NC1=O. The van der Waals surface area contributed by atoms with E-state index in [-0.39, 0.29) is 12.1 Å². The highest BCUT2D eigenvalue weighted by molar-refractivity contribution is 5.77. The van der Waals surface area contributed by atoms with E-state index in [9.17, 15) is 4.79 Å². The van der Waals surface area contributed by atoms with Crippen LogP contribution in [-0.4, -0.2) is 35.5 Å². The molecule has 2 heterocycles. The van der Waals surface area contributed by atoms with Crippen LogP contribution in [0, 0.1) is 0 Å². The number of amides is 2. The normalized spacial score (nSPS) is 20.5. The molecule has 5 heteroatoms. The number of pyridine rings is 1. The molecule has 15 heavy (non-hydrogen) atoms. The van der Waals surface area contributed by atoms with Crippen molar-refractivity contribution in [2.75, 3.05) is 19.6 Å². The molecule has 1 fully saturated rings. The average molecular weight is 206 g/mol. The summed E-state index contributed by atoms with van der Waals surface area (Å²) in [5.74, 6) is 0. The summed E-state index contributed by atoms with van der Waals surface area (Å²) in [4.78, 5) is 17.2. The Balaban J connectivity index is 2.06. The Bertz CT molecular complexity index is 341. The van der Waals surface area contributed by atoms with E-state index in [2.05, 4.69) is 10.3 Å². The Kier molecular flexibility index (Phi) is 2.82. The summed E-state index contributed by atoms with van der Waals surface area (Å²) in [6, 6.07) is 3.85. The summed E-state index contributed by atoms with van der Waals surface area (Å²) in [7, 11) is 0. The lowest BCUT2D eigenvalue weighted by molar-refractivity contribution is 0.218. The lowest BCUT2D eigenvalue weighted by Gasteiger charge is -2.12. The molecule has 1 aromatic heterocycles. The monoisotopic (exact) mass is 206 g/mol. The topological polar surface area (TPSA) is 71.2 Å². The Morgan fingerprint density at radius 3 is 2.93 bits per heavy atom. The molecular weight excluding hydrogens is 192 g/mol. The zero-order chi connectivity index (χ0) is 10.7. The standard InChI is InChI=1S/C10H14N4O/c11-3-6-14-7-9(13-10(14)15)8-1-4-12-5-2-8/h1-2,4-5,9H,3,6-7,11H2,(H,13,15). The molecule has 0 radical (unpaired) electrons. The van der Waals surface area contributed by atoms with Gasteiger partial charge in [-0.2, -0.15) is 0 Å². The van der Waals surface area contributed by atoms with Gasteiger partial charge < -0.3 is 16.0 Å². The number of carbonyl (C=O) groups is 1. The van der Waals surface area contributed by atoms with E-state index in [0.29, 0.717) is 19.6 Å². The number of nitrogens with two attached hydrogens (primary N) is 1. The van der Waals surface area contributed by atoms with Crippen molar-refractivity contribution >= 4 is 6.03 Å². The highest BCUT2D eigenvalue weighted by Crippen LogP contribution is 2.18. The third-order valence-electron chi connectivity index (χ3n) is 2.50. The molecule has 0 saturated carbocycles. The number of nitrogens with zero attached hydrogens (tertiary/aromatic N) is 2. The van der Waals surface area contributed by atoms with E-state index in [0.717, 1.165) is 5.56 Å². The summed E-state index contributed by atoms with van der Waals surface area (Å²) in [5, 5.41) is 2.91. The van der Waals surface area contributed by atoms with Crippen LogP contribution < -0.4 is 11.1 Å². The number of hydrogen-bond donors (Lipinski definition) is 2. The number of urea groups is 1. The summed E-state index contributed by atoms with van der Waals surface area (Å²) in [6.07, 6.45) is 3.46. The van der Waals surface area contributed by atoms with Gasteiger partial charge in [0, 0.05) is 32.0 Å². The molecule has 1 aromatic rings. The van der Waals surface area contributed by atoms with Crippen LogP contribution in [0.15, 0.2) is 24.5 Å². The van der Waals surface area contributed by atoms with E-state index in [1.54, 1.807) is 17.3 Å². The first-order valence-corrected chi connectivity index (χ1v) is 4.96. The Morgan fingerprint density at radius 2 is 2.27 bits per heavy atom. The molecule has 0 aromatic carbocycles. The summed E-state index contributed by atoms with van der Waals surface area (Å²) >= 11 is 0. The Morgan fingerprint density at radius 1 is 1.53 bits per heavy atom. The van der Waals surface area contributed by atoms with Crippen LogP contribution in [0.4, 0.5) is 4.79 Å². The van der Waals surface area contributed by atoms with Gasteiger partial charge in [0.2, 0.25) is 0 Å². The second kappa shape index (κ2) is 4.27. The number of carbonyl (C=O) groups excluding carboxylic acids is 1. The third kappa shape index (κ3) is 2.07. The van der Waals surface area contributed by atoms with Crippen LogP contribution in [0.3, 0.4) is 0 Å². The molecule has 2 amide bonds. The minimum Gasteiger partial charge on any atom is -0.329 e. The van der Waals surface area contributed by atoms with Gasteiger partial charge in [0.15, 0.2) is 0 Å². The molecule has 0 spiro atoms. The maximum absolute atomic E-state index is 11.5. The molecular formula is C10H14N4O. The number of nitrogens with one attached hydrogen (secondary N) is 1. The van der Waals surface area contributed by atoms with Crippen molar-refractivity contribution in [3.63, 3.8) is 0 Å². The average Bonchev–Trinajstić information content (AvgIpc) is 2.63. The molecule has 2 rings (SSSR count). The highest BCUT2D eigenvalue weighted by Gasteiger charge is 2.28. The minimum atomic E-state index is -0.0396. The van der Waals surface area contributed by atoms with Crippen LogP contribution in [0.5, 0.6) is 0 Å². The first-order valence-electron chi connectivity index (χ1n) is 4.96. The van der Waals surface area contributed by atoms with Crippen molar-refractivity contribution < 1.29 is 4.79 Å². The fourth-order valence-corrected chi connectivity index (χ4v) is 1.72. The number of hydrogen-bond acceptors (Lipinski definition) is 3. The largest absolute Gasteiger partial charge is 0.329 e. The van der Waals surface area contributed by atoms with Crippen molar-refractivity contribution in [2.45, 2.75) is 6.04 Å². The molecule has 0 aliphatic carbocycles. The maximum Gasteiger partial charge on any atom is 0.318 e. The van der Waals surface area contributed by atoms with Gasteiger partial charge in [0.1, 0.15) is 0 Å². The Labute approximate surface area is 88.3 Å². The molecule has 1 aliphatic rings. The van der Waals surface area contributed by atoms with Gasteiger partial charge in [0.25, 0.3) is 0 Å². The molecule has 5 nitrogen and oxygen atoms in total. The Hall–Kier alpha value is -1.62.